The van der Waals surface area contributed by atoms with E-state index in [1.165, 1.54) is 0 Å². The predicted molar refractivity (Wildman–Crippen MR) is 71.7 cm³/mol. The van der Waals surface area contributed by atoms with Crippen molar-refractivity contribution in [1.29, 1.82) is 0 Å². The number of nitrogens with one attached hydrogen (secondary N) is 1. The number of hydrogen-bond donors (Lipinski definition) is 1. The van der Waals surface area contributed by atoms with Gasteiger partial charge in [0.2, 0.25) is 0 Å². The van der Waals surface area contributed by atoms with Crippen LogP contribution < -0.4 is 10.2 Å². The number of rotatable bonds is 2. The Bertz CT molecular complexity index is 561. The Morgan fingerprint density at radius 1 is 1.06 bits per heavy atom. The second-order valence-electron chi connectivity index (χ2n) is 4.15. The number of benzene rings is 2. The quantitative estimate of drug-likeness (QED) is 0.855. The highest BCUT2D eigenvalue weighted by molar-refractivity contribution is 6.10. The molecule has 0 saturated carbocycles. The summed E-state index contributed by atoms with van der Waals surface area (Å²) in [4.78, 5) is 13.8. The van der Waals surface area contributed by atoms with Crippen LogP contribution in [0.2, 0.25) is 0 Å². The lowest BCUT2D eigenvalue weighted by atomic mass is 10.0. The molecule has 0 aromatic heterocycles. The average Bonchev–Trinajstić information content (AvgIpc) is 2.36. The molecule has 1 N–H and O–H groups in total. The van der Waals surface area contributed by atoms with Crippen molar-refractivity contribution in [2.24, 2.45) is 0 Å². The maximum atomic E-state index is 11.8. The van der Waals surface area contributed by atoms with E-state index in [9.17, 15) is 4.79 Å². The van der Waals surface area contributed by atoms with E-state index >= 15 is 0 Å². The van der Waals surface area contributed by atoms with Gasteiger partial charge in [-0.05, 0) is 17.5 Å². The molecule has 3 heteroatoms. The van der Waals surface area contributed by atoms with E-state index in [1.54, 1.807) is 7.05 Å². The highest BCUT2D eigenvalue weighted by atomic mass is 16.1. The van der Waals surface area contributed by atoms with E-state index in [2.05, 4.69) is 10.2 Å². The first-order chi connectivity index (χ1) is 8.15. The minimum absolute atomic E-state index is 0.0495. The molecular weight excluding hydrogens is 212 g/mol. The Labute approximate surface area is 101 Å². The van der Waals surface area contributed by atoms with Gasteiger partial charge in [-0.25, -0.2) is 0 Å². The third kappa shape index (κ3) is 1.96. The SMILES string of the molecule is CNC(=O)c1ccc(N(C)C)c2ccccc12. The molecule has 2 aromatic carbocycles. The van der Waals surface area contributed by atoms with Crippen molar-refractivity contribution >= 4 is 22.4 Å². The Morgan fingerprint density at radius 3 is 2.29 bits per heavy atom. The topological polar surface area (TPSA) is 32.3 Å². The van der Waals surface area contributed by atoms with Crippen LogP contribution in [-0.4, -0.2) is 27.1 Å². The standard InChI is InChI=1S/C14H16N2O/c1-15-14(17)12-8-9-13(16(2)3)11-7-5-4-6-10(11)12/h4-9H,1-3H3,(H,15,17). The third-order valence-corrected chi connectivity index (χ3v) is 2.85. The maximum Gasteiger partial charge on any atom is 0.251 e. The number of amides is 1. The second kappa shape index (κ2) is 4.45. The summed E-state index contributed by atoms with van der Waals surface area (Å²) in [6, 6.07) is 11.8. The molecule has 88 valence electrons. The van der Waals surface area contributed by atoms with Crippen LogP contribution in [-0.2, 0) is 0 Å². The zero-order valence-corrected chi connectivity index (χ0v) is 10.3. The molecule has 0 saturated heterocycles. The molecule has 2 aromatic rings. The lowest BCUT2D eigenvalue weighted by Crippen LogP contribution is -2.18. The first kappa shape index (κ1) is 11.5. The molecule has 0 heterocycles. The van der Waals surface area contributed by atoms with Gasteiger partial charge in [-0.2, -0.15) is 0 Å². The molecular formula is C14H16N2O. The molecule has 0 radical (unpaired) electrons. The van der Waals surface area contributed by atoms with Gasteiger partial charge in [0.05, 0.1) is 0 Å². The van der Waals surface area contributed by atoms with E-state index in [-0.39, 0.29) is 5.91 Å². The van der Waals surface area contributed by atoms with Crippen LogP contribution in [0.15, 0.2) is 36.4 Å². The minimum atomic E-state index is -0.0495. The number of fused-ring (bicyclic) bond motifs is 1. The molecule has 0 atom stereocenters. The molecule has 0 spiro atoms. The molecule has 0 fully saturated rings. The van der Waals surface area contributed by atoms with E-state index in [0.717, 1.165) is 16.5 Å². The lowest BCUT2D eigenvalue weighted by Gasteiger charge is -2.17. The summed E-state index contributed by atoms with van der Waals surface area (Å²) < 4.78 is 0. The smallest absolute Gasteiger partial charge is 0.251 e. The van der Waals surface area contributed by atoms with Gasteiger partial charge in [0.15, 0.2) is 0 Å². The van der Waals surface area contributed by atoms with Gasteiger partial charge in [-0.1, -0.05) is 24.3 Å². The van der Waals surface area contributed by atoms with Crippen LogP contribution in [0.3, 0.4) is 0 Å². The Kier molecular flexibility index (Phi) is 3.00. The summed E-state index contributed by atoms with van der Waals surface area (Å²) in [5.41, 5.74) is 1.84. The van der Waals surface area contributed by atoms with Crippen molar-refractivity contribution < 1.29 is 4.79 Å². The number of hydrogen-bond acceptors (Lipinski definition) is 2. The van der Waals surface area contributed by atoms with Crippen LogP contribution in [0.1, 0.15) is 10.4 Å². The minimum Gasteiger partial charge on any atom is -0.377 e. The average molecular weight is 228 g/mol. The Balaban J connectivity index is 2.75. The molecule has 0 bridgehead atoms. The van der Waals surface area contributed by atoms with E-state index < -0.39 is 0 Å². The highest BCUT2D eigenvalue weighted by Crippen LogP contribution is 2.28. The van der Waals surface area contributed by atoms with Gasteiger partial charge < -0.3 is 10.2 Å². The molecule has 0 unspecified atom stereocenters. The zero-order chi connectivity index (χ0) is 12.4. The van der Waals surface area contributed by atoms with Gasteiger partial charge in [0.1, 0.15) is 0 Å². The summed E-state index contributed by atoms with van der Waals surface area (Å²) >= 11 is 0. The fraction of sp³-hybridized carbons (Fsp3) is 0.214. The predicted octanol–water partition coefficient (Wildman–Crippen LogP) is 2.27. The van der Waals surface area contributed by atoms with Crippen LogP contribution in [0, 0.1) is 0 Å². The van der Waals surface area contributed by atoms with Crippen molar-refractivity contribution in [3.8, 4) is 0 Å². The summed E-state index contributed by atoms with van der Waals surface area (Å²) in [6.45, 7) is 0. The van der Waals surface area contributed by atoms with E-state index in [4.69, 9.17) is 0 Å². The number of nitrogens with zero attached hydrogens (tertiary/aromatic N) is 1. The van der Waals surface area contributed by atoms with Crippen LogP contribution >= 0.6 is 0 Å². The molecule has 0 aliphatic rings. The van der Waals surface area contributed by atoms with E-state index in [0.29, 0.717) is 5.56 Å². The van der Waals surface area contributed by atoms with E-state index in [1.807, 2.05) is 50.5 Å². The summed E-state index contributed by atoms with van der Waals surface area (Å²) in [5, 5.41) is 4.75. The van der Waals surface area contributed by atoms with Gasteiger partial charge in [-0.3, -0.25) is 4.79 Å². The fourth-order valence-corrected chi connectivity index (χ4v) is 2.01. The molecule has 0 aliphatic heterocycles. The van der Waals surface area contributed by atoms with Crippen molar-refractivity contribution in [2.75, 3.05) is 26.0 Å². The van der Waals surface area contributed by atoms with Crippen molar-refractivity contribution in [2.45, 2.75) is 0 Å². The van der Waals surface area contributed by atoms with Crippen LogP contribution in [0.4, 0.5) is 5.69 Å². The van der Waals surface area contributed by atoms with Gasteiger partial charge in [0, 0.05) is 37.8 Å². The summed E-state index contributed by atoms with van der Waals surface area (Å²) in [5.74, 6) is -0.0495. The maximum absolute atomic E-state index is 11.8. The van der Waals surface area contributed by atoms with Crippen molar-refractivity contribution in [1.82, 2.24) is 5.32 Å². The second-order valence-corrected chi connectivity index (χ2v) is 4.15. The zero-order valence-electron chi connectivity index (χ0n) is 10.3. The van der Waals surface area contributed by atoms with Crippen molar-refractivity contribution in [3.05, 3.63) is 42.0 Å². The Morgan fingerprint density at radius 2 is 1.71 bits per heavy atom. The number of anilines is 1. The van der Waals surface area contributed by atoms with Crippen LogP contribution in [0.25, 0.3) is 10.8 Å². The first-order valence-electron chi connectivity index (χ1n) is 5.56. The summed E-state index contributed by atoms with van der Waals surface area (Å²) in [6.07, 6.45) is 0. The third-order valence-electron chi connectivity index (χ3n) is 2.85. The monoisotopic (exact) mass is 228 g/mol. The van der Waals surface area contributed by atoms with Gasteiger partial charge in [-0.15, -0.1) is 0 Å². The lowest BCUT2D eigenvalue weighted by molar-refractivity contribution is 0.0965. The Hall–Kier alpha value is -2.03. The molecule has 0 aliphatic carbocycles. The molecule has 2 rings (SSSR count). The highest BCUT2D eigenvalue weighted by Gasteiger charge is 2.11. The fourth-order valence-electron chi connectivity index (χ4n) is 2.01. The van der Waals surface area contributed by atoms with Gasteiger partial charge >= 0.3 is 0 Å². The summed E-state index contributed by atoms with van der Waals surface area (Å²) in [7, 11) is 5.65. The molecule has 3 nitrogen and oxygen atoms in total. The number of carbonyl (C=O) groups is 1. The van der Waals surface area contributed by atoms with Crippen molar-refractivity contribution in [3.63, 3.8) is 0 Å². The largest absolute Gasteiger partial charge is 0.377 e. The number of carbonyl (C=O) groups excluding carboxylic acids is 1. The normalized spacial score (nSPS) is 10.3. The molecule has 17 heavy (non-hydrogen) atoms. The first-order valence-corrected chi connectivity index (χ1v) is 5.56. The van der Waals surface area contributed by atoms with Crippen LogP contribution in [0.5, 0.6) is 0 Å². The molecule has 1 amide bonds. The van der Waals surface area contributed by atoms with Gasteiger partial charge in [0.25, 0.3) is 5.91 Å².